The molecule has 25 heavy (non-hydrogen) atoms. The molecule has 0 aromatic heterocycles. The second-order valence-electron chi connectivity index (χ2n) is 6.28. The third-order valence-corrected chi connectivity index (χ3v) is 4.40. The van der Waals surface area contributed by atoms with Crippen molar-refractivity contribution in [3.8, 4) is 0 Å². The number of urea groups is 1. The molecule has 2 amide bonds. The Bertz CT molecular complexity index is 604. The van der Waals surface area contributed by atoms with E-state index in [0.29, 0.717) is 44.6 Å². The average Bonchev–Trinajstić information content (AvgIpc) is 2.62. The number of carbonyl (C=O) groups is 3. The maximum absolute atomic E-state index is 12.2. The quantitative estimate of drug-likeness (QED) is 0.634. The van der Waals surface area contributed by atoms with Gasteiger partial charge in [-0.2, -0.15) is 0 Å². The van der Waals surface area contributed by atoms with Gasteiger partial charge in [0.25, 0.3) is 0 Å². The molecule has 1 fully saturated rings. The van der Waals surface area contributed by atoms with E-state index in [2.05, 4.69) is 5.32 Å². The minimum absolute atomic E-state index is 0.0151. The molecule has 0 bridgehead atoms. The zero-order valence-electron chi connectivity index (χ0n) is 14.9. The van der Waals surface area contributed by atoms with E-state index in [1.165, 1.54) is 0 Å². The maximum atomic E-state index is 12.2. The molecule has 0 saturated carbocycles. The van der Waals surface area contributed by atoms with Gasteiger partial charge in [0.15, 0.2) is 5.78 Å². The van der Waals surface area contributed by atoms with Crippen LogP contribution in [0.5, 0.6) is 0 Å². The van der Waals surface area contributed by atoms with Gasteiger partial charge in [-0.25, -0.2) is 4.79 Å². The molecule has 0 atom stereocenters. The van der Waals surface area contributed by atoms with Crippen molar-refractivity contribution in [2.45, 2.75) is 33.1 Å². The van der Waals surface area contributed by atoms with Crippen molar-refractivity contribution in [1.82, 2.24) is 10.2 Å². The number of amides is 2. The molecule has 0 radical (unpaired) electrons. The molecule has 6 heteroatoms. The van der Waals surface area contributed by atoms with Crippen LogP contribution in [0.3, 0.4) is 0 Å². The molecule has 0 unspecified atom stereocenters. The number of ether oxygens (including phenoxy) is 1. The van der Waals surface area contributed by atoms with Gasteiger partial charge in [-0.05, 0) is 26.7 Å². The minimum atomic E-state index is -0.181. The number of rotatable bonds is 6. The number of nitrogens with zero attached hydrogens (tertiary/aromatic N) is 1. The highest BCUT2D eigenvalue weighted by molar-refractivity contribution is 5.96. The fraction of sp³-hybridized carbons (Fsp3) is 0.526. The van der Waals surface area contributed by atoms with E-state index in [9.17, 15) is 14.4 Å². The molecular weight excluding hydrogens is 320 g/mol. The summed E-state index contributed by atoms with van der Waals surface area (Å²) in [5.74, 6) is -0.278. The molecule has 1 heterocycles. The van der Waals surface area contributed by atoms with Gasteiger partial charge in [0, 0.05) is 31.6 Å². The number of piperidine rings is 1. The topological polar surface area (TPSA) is 75.7 Å². The Morgan fingerprint density at radius 1 is 1.16 bits per heavy atom. The highest BCUT2D eigenvalue weighted by Crippen LogP contribution is 2.18. The first-order chi connectivity index (χ1) is 12.0. The van der Waals surface area contributed by atoms with Crippen LogP contribution < -0.4 is 5.32 Å². The number of likely N-dealkylation sites (tertiary alicyclic amines) is 1. The number of esters is 1. The first kappa shape index (κ1) is 19.0. The Hall–Kier alpha value is -2.37. The van der Waals surface area contributed by atoms with Crippen molar-refractivity contribution in [1.29, 1.82) is 0 Å². The van der Waals surface area contributed by atoms with Gasteiger partial charge in [0.2, 0.25) is 0 Å². The first-order valence-electron chi connectivity index (χ1n) is 8.80. The van der Waals surface area contributed by atoms with E-state index in [4.69, 9.17) is 4.74 Å². The summed E-state index contributed by atoms with van der Waals surface area (Å²) in [6.07, 6.45) is 1.51. The lowest BCUT2D eigenvalue weighted by Crippen LogP contribution is -2.46. The predicted molar refractivity (Wildman–Crippen MR) is 94.5 cm³/mol. The van der Waals surface area contributed by atoms with Crippen LogP contribution in [-0.4, -0.2) is 48.9 Å². The molecular formula is C19H26N2O4. The second-order valence-corrected chi connectivity index (χ2v) is 6.28. The number of nitrogens with one attached hydrogen (secondary N) is 1. The molecule has 0 aliphatic carbocycles. The summed E-state index contributed by atoms with van der Waals surface area (Å²) in [6, 6.07) is 7.23. The van der Waals surface area contributed by atoms with Crippen LogP contribution in [0.2, 0.25) is 0 Å². The third kappa shape index (κ3) is 5.59. The van der Waals surface area contributed by atoms with Crippen LogP contribution in [0, 0.1) is 12.8 Å². The summed E-state index contributed by atoms with van der Waals surface area (Å²) in [7, 11) is 0. The third-order valence-electron chi connectivity index (χ3n) is 4.40. The van der Waals surface area contributed by atoms with Crippen LogP contribution >= 0.6 is 0 Å². The van der Waals surface area contributed by atoms with Crippen molar-refractivity contribution < 1.29 is 19.1 Å². The van der Waals surface area contributed by atoms with E-state index in [1.54, 1.807) is 24.0 Å². The average molecular weight is 346 g/mol. The summed E-state index contributed by atoms with van der Waals surface area (Å²) in [4.78, 5) is 37.6. The number of aryl methyl sites for hydroxylation is 1. The Kier molecular flexibility index (Phi) is 6.98. The van der Waals surface area contributed by atoms with Crippen molar-refractivity contribution in [3.05, 3.63) is 35.4 Å². The number of Topliss-reactive ketones (excluding diaryl/α,β-unsaturated/α-hetero) is 1. The maximum Gasteiger partial charge on any atom is 0.317 e. The van der Waals surface area contributed by atoms with E-state index < -0.39 is 0 Å². The zero-order chi connectivity index (χ0) is 18.2. The molecule has 1 aliphatic heterocycles. The SMILES string of the molecule is CCOC(=O)C1CCN(C(=O)NCCC(=O)c2ccc(C)cc2)CC1. The number of benzene rings is 1. The van der Waals surface area contributed by atoms with Gasteiger partial charge in [0.05, 0.1) is 12.5 Å². The minimum Gasteiger partial charge on any atom is -0.466 e. The fourth-order valence-electron chi connectivity index (χ4n) is 2.86. The number of carbonyl (C=O) groups excluding carboxylic acids is 3. The Morgan fingerprint density at radius 2 is 1.80 bits per heavy atom. The Labute approximate surface area is 148 Å². The highest BCUT2D eigenvalue weighted by Gasteiger charge is 2.28. The van der Waals surface area contributed by atoms with E-state index >= 15 is 0 Å². The van der Waals surface area contributed by atoms with Crippen molar-refractivity contribution in [2.24, 2.45) is 5.92 Å². The van der Waals surface area contributed by atoms with Crippen molar-refractivity contribution in [2.75, 3.05) is 26.2 Å². The lowest BCUT2D eigenvalue weighted by molar-refractivity contribution is -0.149. The lowest BCUT2D eigenvalue weighted by Gasteiger charge is -2.30. The van der Waals surface area contributed by atoms with Crippen LogP contribution in [-0.2, 0) is 9.53 Å². The number of hydrogen-bond acceptors (Lipinski definition) is 4. The van der Waals surface area contributed by atoms with E-state index in [0.717, 1.165) is 5.56 Å². The van der Waals surface area contributed by atoms with Crippen molar-refractivity contribution >= 4 is 17.8 Å². The normalized spacial score (nSPS) is 14.9. The predicted octanol–water partition coefficient (Wildman–Crippen LogP) is 2.55. The van der Waals surface area contributed by atoms with Gasteiger partial charge in [0.1, 0.15) is 0 Å². The summed E-state index contributed by atoms with van der Waals surface area (Å²) < 4.78 is 5.02. The summed E-state index contributed by atoms with van der Waals surface area (Å²) in [5, 5.41) is 2.78. The monoisotopic (exact) mass is 346 g/mol. The fourth-order valence-corrected chi connectivity index (χ4v) is 2.86. The molecule has 1 aromatic rings. The molecule has 2 rings (SSSR count). The summed E-state index contributed by atoms with van der Waals surface area (Å²) in [5.41, 5.74) is 1.77. The number of ketones is 1. The van der Waals surface area contributed by atoms with Gasteiger partial charge >= 0.3 is 12.0 Å². The van der Waals surface area contributed by atoms with Crippen LogP contribution in [0.15, 0.2) is 24.3 Å². The molecule has 6 nitrogen and oxygen atoms in total. The van der Waals surface area contributed by atoms with E-state index in [1.807, 2.05) is 19.1 Å². The van der Waals surface area contributed by atoms with Crippen molar-refractivity contribution in [3.63, 3.8) is 0 Å². The van der Waals surface area contributed by atoms with Gasteiger partial charge in [-0.1, -0.05) is 29.8 Å². The Morgan fingerprint density at radius 3 is 2.40 bits per heavy atom. The van der Waals surface area contributed by atoms with Crippen LogP contribution in [0.25, 0.3) is 0 Å². The zero-order valence-corrected chi connectivity index (χ0v) is 14.9. The standard InChI is InChI=1S/C19H26N2O4/c1-3-25-18(23)16-9-12-21(13-10-16)19(24)20-11-8-17(22)15-6-4-14(2)5-7-15/h4-7,16H,3,8-13H2,1-2H3,(H,20,24). The summed E-state index contributed by atoms with van der Waals surface area (Å²) in [6.45, 7) is 5.51. The molecule has 136 valence electrons. The largest absolute Gasteiger partial charge is 0.466 e. The molecule has 1 aliphatic rings. The molecule has 1 saturated heterocycles. The van der Waals surface area contributed by atoms with Crippen LogP contribution in [0.4, 0.5) is 4.79 Å². The first-order valence-corrected chi connectivity index (χ1v) is 8.80. The molecule has 1 aromatic carbocycles. The smallest absolute Gasteiger partial charge is 0.317 e. The highest BCUT2D eigenvalue weighted by atomic mass is 16.5. The lowest BCUT2D eigenvalue weighted by atomic mass is 9.97. The summed E-state index contributed by atoms with van der Waals surface area (Å²) >= 11 is 0. The molecule has 0 spiro atoms. The second kappa shape index (κ2) is 9.20. The molecule has 1 N–H and O–H groups in total. The van der Waals surface area contributed by atoms with Gasteiger partial charge in [-0.3, -0.25) is 9.59 Å². The van der Waals surface area contributed by atoms with Crippen LogP contribution in [0.1, 0.15) is 42.1 Å². The van der Waals surface area contributed by atoms with Gasteiger partial charge < -0.3 is 15.0 Å². The number of hydrogen-bond donors (Lipinski definition) is 1. The van der Waals surface area contributed by atoms with E-state index in [-0.39, 0.29) is 30.1 Å². The van der Waals surface area contributed by atoms with Gasteiger partial charge in [-0.15, -0.1) is 0 Å². The Balaban J connectivity index is 1.70.